The van der Waals surface area contributed by atoms with E-state index in [-0.39, 0.29) is 17.9 Å². The minimum absolute atomic E-state index is 0.0375. The SMILES string of the molecule is COc1ccc(NC(=O)C2CCOC2C)c(N)c1. The van der Waals surface area contributed by atoms with Gasteiger partial charge in [-0.15, -0.1) is 0 Å². The number of amides is 1. The van der Waals surface area contributed by atoms with E-state index in [0.717, 1.165) is 6.42 Å². The molecule has 0 saturated carbocycles. The zero-order valence-corrected chi connectivity index (χ0v) is 10.6. The van der Waals surface area contributed by atoms with Crippen LogP contribution < -0.4 is 15.8 Å². The van der Waals surface area contributed by atoms with Gasteiger partial charge in [-0.05, 0) is 25.5 Å². The van der Waals surface area contributed by atoms with Gasteiger partial charge in [0.15, 0.2) is 0 Å². The summed E-state index contributed by atoms with van der Waals surface area (Å²) < 4.78 is 10.4. The van der Waals surface area contributed by atoms with E-state index < -0.39 is 0 Å². The molecule has 2 rings (SSSR count). The third kappa shape index (κ3) is 2.56. The highest BCUT2D eigenvalue weighted by molar-refractivity contribution is 5.95. The highest BCUT2D eigenvalue weighted by atomic mass is 16.5. The monoisotopic (exact) mass is 250 g/mol. The van der Waals surface area contributed by atoms with Crippen molar-refractivity contribution in [3.63, 3.8) is 0 Å². The molecule has 0 bridgehead atoms. The van der Waals surface area contributed by atoms with Crippen molar-refractivity contribution >= 4 is 17.3 Å². The van der Waals surface area contributed by atoms with Crippen LogP contribution in [-0.2, 0) is 9.53 Å². The molecule has 2 atom stereocenters. The number of carbonyl (C=O) groups is 1. The molecule has 0 aromatic heterocycles. The predicted octanol–water partition coefficient (Wildman–Crippen LogP) is 1.64. The Bertz CT molecular complexity index is 448. The molecule has 1 fully saturated rings. The lowest BCUT2D eigenvalue weighted by atomic mass is 10.0. The Morgan fingerprint density at radius 2 is 2.33 bits per heavy atom. The van der Waals surface area contributed by atoms with Crippen molar-refractivity contribution in [2.45, 2.75) is 19.4 Å². The van der Waals surface area contributed by atoms with Crippen molar-refractivity contribution in [1.82, 2.24) is 0 Å². The highest BCUT2D eigenvalue weighted by Gasteiger charge is 2.30. The Balaban J connectivity index is 2.07. The zero-order chi connectivity index (χ0) is 13.1. The first-order chi connectivity index (χ1) is 8.61. The summed E-state index contributed by atoms with van der Waals surface area (Å²) in [5.41, 5.74) is 6.96. The number of nitrogens with one attached hydrogen (secondary N) is 1. The summed E-state index contributed by atoms with van der Waals surface area (Å²) in [5, 5.41) is 2.83. The van der Waals surface area contributed by atoms with E-state index >= 15 is 0 Å². The average Bonchev–Trinajstić information content (AvgIpc) is 2.78. The third-order valence-corrected chi connectivity index (χ3v) is 3.23. The number of methoxy groups -OCH3 is 1. The van der Waals surface area contributed by atoms with Gasteiger partial charge in [0.05, 0.1) is 30.5 Å². The number of carbonyl (C=O) groups excluding carboxylic acids is 1. The predicted molar refractivity (Wildman–Crippen MR) is 69.6 cm³/mol. The Hall–Kier alpha value is -1.75. The maximum absolute atomic E-state index is 12.1. The largest absolute Gasteiger partial charge is 0.497 e. The molecule has 2 unspecified atom stereocenters. The van der Waals surface area contributed by atoms with E-state index in [1.807, 2.05) is 6.92 Å². The van der Waals surface area contributed by atoms with Crippen molar-refractivity contribution in [3.05, 3.63) is 18.2 Å². The summed E-state index contributed by atoms with van der Waals surface area (Å²) in [6, 6.07) is 5.19. The van der Waals surface area contributed by atoms with Crippen LogP contribution in [0, 0.1) is 5.92 Å². The summed E-state index contributed by atoms with van der Waals surface area (Å²) in [6.45, 7) is 2.55. The molecule has 0 radical (unpaired) electrons. The molecule has 1 saturated heterocycles. The first kappa shape index (κ1) is 12.7. The van der Waals surface area contributed by atoms with E-state index in [2.05, 4.69) is 5.32 Å². The second-order valence-electron chi connectivity index (χ2n) is 4.41. The van der Waals surface area contributed by atoms with Crippen LogP contribution in [0.5, 0.6) is 5.75 Å². The quantitative estimate of drug-likeness (QED) is 0.800. The maximum Gasteiger partial charge on any atom is 0.230 e. The van der Waals surface area contributed by atoms with Crippen LogP contribution in [0.2, 0.25) is 0 Å². The third-order valence-electron chi connectivity index (χ3n) is 3.23. The minimum Gasteiger partial charge on any atom is -0.497 e. The van der Waals surface area contributed by atoms with Crippen molar-refractivity contribution in [2.24, 2.45) is 5.92 Å². The number of nitrogen functional groups attached to an aromatic ring is 1. The molecule has 1 amide bonds. The van der Waals surface area contributed by atoms with Gasteiger partial charge in [-0.1, -0.05) is 0 Å². The van der Waals surface area contributed by atoms with Crippen LogP contribution in [-0.4, -0.2) is 25.7 Å². The van der Waals surface area contributed by atoms with Gasteiger partial charge in [-0.25, -0.2) is 0 Å². The van der Waals surface area contributed by atoms with Gasteiger partial charge in [0.2, 0.25) is 5.91 Å². The van der Waals surface area contributed by atoms with E-state index in [9.17, 15) is 4.79 Å². The Kier molecular flexibility index (Phi) is 3.72. The molecular weight excluding hydrogens is 232 g/mol. The van der Waals surface area contributed by atoms with Gasteiger partial charge in [-0.3, -0.25) is 4.79 Å². The summed E-state index contributed by atoms with van der Waals surface area (Å²) in [5.74, 6) is 0.520. The second kappa shape index (κ2) is 5.27. The molecule has 1 aromatic carbocycles. The van der Waals surface area contributed by atoms with Gasteiger partial charge < -0.3 is 20.5 Å². The number of benzene rings is 1. The van der Waals surface area contributed by atoms with E-state index in [1.54, 1.807) is 25.3 Å². The standard InChI is InChI=1S/C13H18N2O3/c1-8-10(5-6-18-8)13(16)15-12-4-3-9(17-2)7-11(12)14/h3-4,7-8,10H,5-6,14H2,1-2H3,(H,15,16). The smallest absolute Gasteiger partial charge is 0.230 e. The normalized spacial score (nSPS) is 22.8. The van der Waals surface area contributed by atoms with Gasteiger partial charge >= 0.3 is 0 Å². The first-order valence-electron chi connectivity index (χ1n) is 5.98. The van der Waals surface area contributed by atoms with Gasteiger partial charge in [-0.2, -0.15) is 0 Å². The molecule has 5 nitrogen and oxygen atoms in total. The van der Waals surface area contributed by atoms with Crippen LogP contribution in [0.3, 0.4) is 0 Å². The van der Waals surface area contributed by atoms with Crippen molar-refractivity contribution in [2.75, 3.05) is 24.8 Å². The lowest BCUT2D eigenvalue weighted by Crippen LogP contribution is -2.28. The minimum atomic E-state index is -0.105. The summed E-state index contributed by atoms with van der Waals surface area (Å²) in [6.07, 6.45) is 0.716. The van der Waals surface area contributed by atoms with E-state index in [4.69, 9.17) is 15.2 Å². The van der Waals surface area contributed by atoms with Crippen molar-refractivity contribution in [1.29, 1.82) is 0 Å². The van der Waals surface area contributed by atoms with Crippen LogP contribution >= 0.6 is 0 Å². The second-order valence-corrected chi connectivity index (χ2v) is 4.41. The average molecular weight is 250 g/mol. The number of hydrogen-bond donors (Lipinski definition) is 2. The lowest BCUT2D eigenvalue weighted by Gasteiger charge is -2.15. The summed E-state index contributed by atoms with van der Waals surface area (Å²) >= 11 is 0. The van der Waals surface area contributed by atoms with Crippen LogP contribution in [0.15, 0.2) is 18.2 Å². The molecule has 18 heavy (non-hydrogen) atoms. The molecule has 1 aliphatic heterocycles. The first-order valence-corrected chi connectivity index (χ1v) is 5.98. The molecule has 0 spiro atoms. The molecule has 3 N–H and O–H groups in total. The Morgan fingerprint density at radius 1 is 1.56 bits per heavy atom. The zero-order valence-electron chi connectivity index (χ0n) is 10.6. The topological polar surface area (TPSA) is 73.6 Å². The van der Waals surface area contributed by atoms with Crippen LogP contribution in [0.4, 0.5) is 11.4 Å². The number of ether oxygens (including phenoxy) is 2. The number of hydrogen-bond acceptors (Lipinski definition) is 4. The van der Waals surface area contributed by atoms with Crippen molar-refractivity contribution in [3.8, 4) is 5.75 Å². The van der Waals surface area contributed by atoms with Gasteiger partial charge in [0.25, 0.3) is 0 Å². The van der Waals surface area contributed by atoms with Crippen LogP contribution in [0.1, 0.15) is 13.3 Å². The number of rotatable bonds is 3. The molecule has 0 aliphatic carbocycles. The van der Waals surface area contributed by atoms with E-state index in [1.165, 1.54) is 0 Å². The Labute approximate surface area is 106 Å². The molecule has 5 heteroatoms. The molecular formula is C13H18N2O3. The lowest BCUT2D eigenvalue weighted by molar-refractivity contribution is -0.121. The van der Waals surface area contributed by atoms with Gasteiger partial charge in [0.1, 0.15) is 5.75 Å². The molecule has 1 aliphatic rings. The van der Waals surface area contributed by atoms with E-state index in [0.29, 0.717) is 23.7 Å². The fraction of sp³-hybridized carbons (Fsp3) is 0.462. The number of nitrogens with two attached hydrogens (primary N) is 1. The molecule has 98 valence electrons. The molecule has 1 heterocycles. The van der Waals surface area contributed by atoms with Gasteiger partial charge in [0, 0.05) is 12.7 Å². The highest BCUT2D eigenvalue weighted by Crippen LogP contribution is 2.27. The Morgan fingerprint density at radius 3 is 2.89 bits per heavy atom. The summed E-state index contributed by atoms with van der Waals surface area (Å²) in [4.78, 5) is 12.1. The maximum atomic E-state index is 12.1. The van der Waals surface area contributed by atoms with Crippen molar-refractivity contribution < 1.29 is 14.3 Å². The number of anilines is 2. The summed E-state index contributed by atoms with van der Waals surface area (Å²) in [7, 11) is 1.57. The van der Waals surface area contributed by atoms with Crippen LogP contribution in [0.25, 0.3) is 0 Å². The fourth-order valence-corrected chi connectivity index (χ4v) is 2.08. The molecule has 1 aromatic rings. The fourth-order valence-electron chi connectivity index (χ4n) is 2.08.